The molecule has 1 aliphatic heterocycles. The van der Waals surface area contributed by atoms with Crippen molar-refractivity contribution in [2.75, 3.05) is 18.8 Å². The van der Waals surface area contributed by atoms with Crippen molar-refractivity contribution in [3.63, 3.8) is 0 Å². The number of carbonyl (C=O) groups excluding carboxylic acids is 1. The Morgan fingerprint density at radius 3 is 2.83 bits per heavy atom. The van der Waals surface area contributed by atoms with Crippen LogP contribution in [0.2, 0.25) is 0 Å². The van der Waals surface area contributed by atoms with Gasteiger partial charge in [0.2, 0.25) is 0 Å². The van der Waals surface area contributed by atoms with E-state index in [2.05, 4.69) is 6.92 Å². The number of benzene rings is 1. The quantitative estimate of drug-likeness (QED) is 0.839. The van der Waals surface area contributed by atoms with Crippen LogP contribution in [0.4, 0.5) is 5.69 Å². The average Bonchev–Trinajstić information content (AvgIpc) is 2.38. The highest BCUT2D eigenvalue weighted by molar-refractivity contribution is 5.99. The van der Waals surface area contributed by atoms with Crippen LogP contribution in [-0.4, -0.2) is 23.9 Å². The molecule has 1 heterocycles. The molecule has 0 aromatic heterocycles. The van der Waals surface area contributed by atoms with Crippen molar-refractivity contribution in [1.82, 2.24) is 4.90 Å². The van der Waals surface area contributed by atoms with Crippen LogP contribution in [0.5, 0.6) is 0 Å². The average molecular weight is 269 g/mol. The second-order valence-electron chi connectivity index (χ2n) is 4.75. The number of nitrogens with two attached hydrogens (primary N) is 1. The van der Waals surface area contributed by atoms with Crippen molar-refractivity contribution in [1.29, 1.82) is 0 Å². The van der Waals surface area contributed by atoms with Crippen molar-refractivity contribution in [3.8, 4) is 0 Å². The van der Waals surface area contributed by atoms with E-state index in [9.17, 15) is 4.79 Å². The number of carbonyl (C=O) groups is 1. The summed E-state index contributed by atoms with van der Waals surface area (Å²) in [7, 11) is 0. The minimum Gasteiger partial charge on any atom is -0.398 e. The Hall–Kier alpha value is -1.22. The molecule has 2 rings (SSSR count). The molecule has 18 heavy (non-hydrogen) atoms. The summed E-state index contributed by atoms with van der Waals surface area (Å²) in [5.74, 6) is 0.735. The van der Waals surface area contributed by atoms with E-state index in [0.717, 1.165) is 25.9 Å². The number of rotatable bonds is 2. The molecule has 1 saturated heterocycles. The number of piperidine rings is 1. The summed E-state index contributed by atoms with van der Waals surface area (Å²) in [5, 5.41) is 0. The van der Waals surface area contributed by atoms with E-state index in [-0.39, 0.29) is 18.3 Å². The van der Waals surface area contributed by atoms with Crippen LogP contribution < -0.4 is 5.73 Å². The summed E-state index contributed by atoms with van der Waals surface area (Å²) < 4.78 is 0. The number of amides is 1. The van der Waals surface area contributed by atoms with Crippen LogP contribution in [0, 0.1) is 5.92 Å². The molecule has 1 atom stereocenters. The number of hydrogen-bond acceptors (Lipinski definition) is 2. The van der Waals surface area contributed by atoms with Gasteiger partial charge in [-0.2, -0.15) is 0 Å². The largest absolute Gasteiger partial charge is 0.398 e. The van der Waals surface area contributed by atoms with Crippen molar-refractivity contribution in [3.05, 3.63) is 29.8 Å². The normalized spacial score (nSPS) is 19.2. The molecular weight excluding hydrogens is 248 g/mol. The topological polar surface area (TPSA) is 46.3 Å². The summed E-state index contributed by atoms with van der Waals surface area (Å²) in [6.45, 7) is 3.93. The van der Waals surface area contributed by atoms with Gasteiger partial charge in [-0.3, -0.25) is 4.79 Å². The van der Waals surface area contributed by atoms with E-state index in [0.29, 0.717) is 17.2 Å². The maximum absolute atomic E-state index is 12.3. The van der Waals surface area contributed by atoms with Gasteiger partial charge in [0.05, 0.1) is 5.56 Å². The summed E-state index contributed by atoms with van der Waals surface area (Å²) in [6, 6.07) is 7.32. The first-order chi connectivity index (χ1) is 8.22. The number of nitrogens with zero attached hydrogens (tertiary/aromatic N) is 1. The molecular formula is C14H21ClN2O. The number of hydrogen-bond donors (Lipinski definition) is 1. The highest BCUT2D eigenvalue weighted by Gasteiger charge is 2.24. The van der Waals surface area contributed by atoms with Crippen LogP contribution >= 0.6 is 12.4 Å². The Kier molecular flexibility index (Phi) is 5.48. The molecule has 0 radical (unpaired) electrons. The highest BCUT2D eigenvalue weighted by Crippen LogP contribution is 2.22. The van der Waals surface area contributed by atoms with Gasteiger partial charge >= 0.3 is 0 Å². The van der Waals surface area contributed by atoms with Gasteiger partial charge in [0, 0.05) is 18.8 Å². The Morgan fingerprint density at radius 1 is 1.44 bits per heavy atom. The van der Waals surface area contributed by atoms with E-state index in [1.807, 2.05) is 23.1 Å². The third-order valence-electron chi connectivity index (χ3n) is 3.57. The molecule has 0 spiro atoms. The fraction of sp³-hybridized carbons (Fsp3) is 0.500. The Balaban J connectivity index is 0.00000162. The van der Waals surface area contributed by atoms with Gasteiger partial charge in [-0.15, -0.1) is 12.4 Å². The SMILES string of the molecule is CCC1CCCN(C(=O)c2ccccc2N)C1.Cl. The third kappa shape index (κ3) is 3.16. The molecule has 1 unspecified atom stereocenters. The van der Waals surface area contributed by atoms with Crippen LogP contribution in [0.25, 0.3) is 0 Å². The maximum atomic E-state index is 12.3. The van der Waals surface area contributed by atoms with Crippen molar-refractivity contribution in [2.45, 2.75) is 26.2 Å². The van der Waals surface area contributed by atoms with Gasteiger partial charge in [0.15, 0.2) is 0 Å². The molecule has 0 bridgehead atoms. The first-order valence-corrected chi connectivity index (χ1v) is 6.36. The summed E-state index contributed by atoms with van der Waals surface area (Å²) >= 11 is 0. The first kappa shape index (κ1) is 14.8. The number of anilines is 1. The van der Waals surface area contributed by atoms with E-state index >= 15 is 0 Å². The van der Waals surface area contributed by atoms with Crippen LogP contribution in [0.1, 0.15) is 36.5 Å². The minimum atomic E-state index is 0. The zero-order valence-electron chi connectivity index (χ0n) is 10.8. The van der Waals surface area contributed by atoms with Gasteiger partial charge in [0.25, 0.3) is 5.91 Å². The Bertz CT molecular complexity index is 409. The highest BCUT2D eigenvalue weighted by atomic mass is 35.5. The molecule has 1 amide bonds. The third-order valence-corrected chi connectivity index (χ3v) is 3.57. The molecule has 3 nitrogen and oxygen atoms in total. The van der Waals surface area contributed by atoms with Crippen molar-refractivity contribution in [2.24, 2.45) is 5.92 Å². The lowest BCUT2D eigenvalue weighted by atomic mass is 9.95. The standard InChI is InChI=1S/C14H20N2O.ClH/c1-2-11-6-5-9-16(10-11)14(17)12-7-3-4-8-13(12)15;/h3-4,7-8,11H,2,5-6,9-10,15H2,1H3;1H. The second-order valence-corrected chi connectivity index (χ2v) is 4.75. The molecule has 1 aromatic rings. The van der Waals surface area contributed by atoms with Gasteiger partial charge in [-0.25, -0.2) is 0 Å². The molecule has 0 saturated carbocycles. The lowest BCUT2D eigenvalue weighted by molar-refractivity contribution is 0.0672. The van der Waals surface area contributed by atoms with E-state index in [1.54, 1.807) is 6.07 Å². The molecule has 4 heteroatoms. The van der Waals surface area contributed by atoms with E-state index < -0.39 is 0 Å². The van der Waals surface area contributed by atoms with E-state index in [4.69, 9.17) is 5.73 Å². The van der Waals surface area contributed by atoms with E-state index in [1.165, 1.54) is 6.42 Å². The number of para-hydroxylation sites is 1. The summed E-state index contributed by atoms with van der Waals surface area (Å²) in [5.41, 5.74) is 7.07. The predicted octanol–water partition coefficient (Wildman–Crippen LogP) is 2.95. The maximum Gasteiger partial charge on any atom is 0.255 e. The lowest BCUT2D eigenvalue weighted by Crippen LogP contribution is -2.40. The Morgan fingerprint density at radius 2 is 2.17 bits per heavy atom. The minimum absolute atomic E-state index is 0. The molecule has 1 aromatic carbocycles. The Labute approximate surface area is 115 Å². The van der Waals surface area contributed by atoms with Gasteiger partial charge in [0.1, 0.15) is 0 Å². The van der Waals surface area contributed by atoms with Gasteiger partial charge in [-0.05, 0) is 30.9 Å². The lowest BCUT2D eigenvalue weighted by Gasteiger charge is -2.32. The number of likely N-dealkylation sites (tertiary alicyclic amines) is 1. The van der Waals surface area contributed by atoms with Crippen LogP contribution in [0.3, 0.4) is 0 Å². The first-order valence-electron chi connectivity index (χ1n) is 6.36. The smallest absolute Gasteiger partial charge is 0.255 e. The predicted molar refractivity (Wildman–Crippen MR) is 77.0 cm³/mol. The van der Waals surface area contributed by atoms with Crippen molar-refractivity contribution >= 4 is 24.0 Å². The zero-order chi connectivity index (χ0) is 12.3. The molecule has 1 aliphatic rings. The van der Waals surface area contributed by atoms with Gasteiger partial charge < -0.3 is 10.6 Å². The fourth-order valence-corrected chi connectivity index (χ4v) is 2.44. The zero-order valence-corrected chi connectivity index (χ0v) is 11.6. The van der Waals surface area contributed by atoms with Gasteiger partial charge in [-0.1, -0.05) is 25.5 Å². The molecule has 0 aliphatic carbocycles. The summed E-state index contributed by atoms with van der Waals surface area (Å²) in [4.78, 5) is 14.3. The number of halogens is 1. The summed E-state index contributed by atoms with van der Waals surface area (Å²) in [6.07, 6.45) is 3.50. The fourth-order valence-electron chi connectivity index (χ4n) is 2.44. The second kappa shape index (κ2) is 6.64. The van der Waals surface area contributed by atoms with Crippen LogP contribution in [0.15, 0.2) is 24.3 Å². The number of nitrogen functional groups attached to an aromatic ring is 1. The van der Waals surface area contributed by atoms with Crippen molar-refractivity contribution < 1.29 is 4.79 Å². The molecule has 100 valence electrons. The molecule has 2 N–H and O–H groups in total. The monoisotopic (exact) mass is 268 g/mol. The molecule has 1 fully saturated rings. The van der Waals surface area contributed by atoms with Crippen LogP contribution in [-0.2, 0) is 0 Å².